The van der Waals surface area contributed by atoms with Crippen LogP contribution >= 0.6 is 11.6 Å². The molecule has 0 atom stereocenters. The van der Waals surface area contributed by atoms with E-state index >= 15 is 0 Å². The highest BCUT2D eigenvalue weighted by Crippen LogP contribution is 2.12. The van der Waals surface area contributed by atoms with Crippen molar-refractivity contribution in [1.29, 1.82) is 0 Å². The molecule has 0 bridgehead atoms. The summed E-state index contributed by atoms with van der Waals surface area (Å²) in [4.78, 5) is 16.5. The van der Waals surface area contributed by atoms with Gasteiger partial charge < -0.3 is 4.84 Å². The summed E-state index contributed by atoms with van der Waals surface area (Å²) in [6.07, 6.45) is 0. The van der Waals surface area contributed by atoms with Crippen LogP contribution < -0.4 is 0 Å². The van der Waals surface area contributed by atoms with Gasteiger partial charge in [0, 0.05) is 10.6 Å². The SMILES string of the molecule is C/C(=N/OC(=O)c1ccc(Cl)cc1)c1ccc(F)c(F)c1. The maximum atomic E-state index is 13.1. The zero-order valence-electron chi connectivity index (χ0n) is 10.9. The van der Waals surface area contributed by atoms with Crippen molar-refractivity contribution >= 4 is 23.3 Å². The number of oxime groups is 1. The molecule has 0 unspecified atom stereocenters. The Labute approximate surface area is 124 Å². The summed E-state index contributed by atoms with van der Waals surface area (Å²) in [6, 6.07) is 9.37. The molecule has 0 spiro atoms. The predicted octanol–water partition coefficient (Wildman–Crippen LogP) is 4.20. The van der Waals surface area contributed by atoms with Gasteiger partial charge in [0.05, 0.1) is 11.3 Å². The second-order valence-corrected chi connectivity index (χ2v) is 4.63. The molecular formula is C15H10ClF2NO2. The Morgan fingerprint density at radius 2 is 1.67 bits per heavy atom. The number of benzene rings is 2. The lowest BCUT2D eigenvalue weighted by molar-refractivity contribution is 0.0516. The molecule has 0 N–H and O–H groups in total. The minimum atomic E-state index is -0.994. The molecule has 0 amide bonds. The molecule has 2 aromatic carbocycles. The normalized spacial score (nSPS) is 11.3. The van der Waals surface area contributed by atoms with Gasteiger partial charge in [0.2, 0.25) is 0 Å². The zero-order valence-corrected chi connectivity index (χ0v) is 11.7. The first-order chi connectivity index (χ1) is 9.97. The van der Waals surface area contributed by atoms with Gasteiger partial charge in [-0.05, 0) is 49.4 Å². The zero-order chi connectivity index (χ0) is 15.4. The maximum Gasteiger partial charge on any atom is 0.365 e. The van der Waals surface area contributed by atoms with Gasteiger partial charge in [-0.2, -0.15) is 0 Å². The first-order valence-corrected chi connectivity index (χ1v) is 6.32. The van der Waals surface area contributed by atoms with Gasteiger partial charge >= 0.3 is 5.97 Å². The van der Waals surface area contributed by atoms with Crippen LogP contribution in [-0.2, 0) is 4.84 Å². The van der Waals surface area contributed by atoms with Gasteiger partial charge in [0.1, 0.15) is 0 Å². The molecule has 0 fully saturated rings. The van der Waals surface area contributed by atoms with Gasteiger partial charge in [0.25, 0.3) is 0 Å². The number of nitrogens with zero attached hydrogens (tertiary/aromatic N) is 1. The Hall–Kier alpha value is -2.27. The van der Waals surface area contributed by atoms with Crippen molar-refractivity contribution in [2.45, 2.75) is 6.92 Å². The van der Waals surface area contributed by atoms with Crippen molar-refractivity contribution in [2.75, 3.05) is 0 Å². The van der Waals surface area contributed by atoms with Crippen molar-refractivity contribution in [3.05, 3.63) is 70.2 Å². The molecule has 2 aromatic rings. The molecule has 0 radical (unpaired) electrons. The van der Waals surface area contributed by atoms with Crippen molar-refractivity contribution in [3.63, 3.8) is 0 Å². The first-order valence-electron chi connectivity index (χ1n) is 5.94. The summed E-state index contributed by atoms with van der Waals surface area (Å²) < 4.78 is 25.9. The number of halogens is 3. The molecular weight excluding hydrogens is 300 g/mol. The summed E-state index contributed by atoms with van der Waals surface area (Å²) >= 11 is 5.71. The lowest BCUT2D eigenvalue weighted by Gasteiger charge is -2.02. The van der Waals surface area contributed by atoms with Crippen LogP contribution in [-0.4, -0.2) is 11.7 Å². The Bertz CT molecular complexity index is 699. The largest absolute Gasteiger partial charge is 0.365 e. The fraction of sp³-hybridized carbons (Fsp3) is 0.0667. The van der Waals surface area contributed by atoms with Crippen LogP contribution in [0.3, 0.4) is 0 Å². The standard InChI is InChI=1S/C15H10ClF2NO2/c1-9(11-4-7-13(17)14(18)8-11)19-21-15(20)10-2-5-12(16)6-3-10/h2-8H,1H3/b19-9-. The van der Waals surface area contributed by atoms with Crippen molar-refractivity contribution in [2.24, 2.45) is 5.16 Å². The molecule has 0 aliphatic carbocycles. The number of hydrogen-bond acceptors (Lipinski definition) is 3. The molecule has 0 saturated heterocycles. The third kappa shape index (κ3) is 3.86. The Kier molecular flexibility index (Phi) is 4.65. The lowest BCUT2D eigenvalue weighted by atomic mass is 10.1. The van der Waals surface area contributed by atoms with E-state index in [4.69, 9.17) is 16.4 Å². The summed E-state index contributed by atoms with van der Waals surface area (Å²) in [5.41, 5.74) is 0.843. The van der Waals surface area contributed by atoms with Crippen LogP contribution in [0.2, 0.25) is 5.02 Å². The van der Waals surface area contributed by atoms with E-state index in [1.807, 2.05) is 0 Å². The molecule has 0 aromatic heterocycles. The third-order valence-corrected chi connectivity index (χ3v) is 2.93. The summed E-state index contributed by atoms with van der Waals surface area (Å²) in [6.45, 7) is 1.52. The minimum Gasteiger partial charge on any atom is -0.313 e. The van der Waals surface area contributed by atoms with E-state index in [-0.39, 0.29) is 11.3 Å². The van der Waals surface area contributed by atoms with Gasteiger partial charge in [-0.15, -0.1) is 0 Å². The number of carbonyl (C=O) groups excluding carboxylic acids is 1. The molecule has 2 rings (SSSR count). The third-order valence-electron chi connectivity index (χ3n) is 2.68. The molecule has 3 nitrogen and oxygen atoms in total. The van der Waals surface area contributed by atoms with Crippen molar-refractivity contribution in [1.82, 2.24) is 0 Å². The molecule has 0 aliphatic heterocycles. The summed E-state index contributed by atoms with van der Waals surface area (Å²) in [7, 11) is 0. The highest BCUT2D eigenvalue weighted by Gasteiger charge is 2.09. The highest BCUT2D eigenvalue weighted by atomic mass is 35.5. The average molecular weight is 310 g/mol. The maximum absolute atomic E-state index is 13.1. The van der Waals surface area contributed by atoms with E-state index in [1.54, 1.807) is 12.1 Å². The molecule has 21 heavy (non-hydrogen) atoms. The molecule has 0 aliphatic rings. The van der Waals surface area contributed by atoms with E-state index in [0.29, 0.717) is 10.6 Å². The molecule has 6 heteroatoms. The monoisotopic (exact) mass is 309 g/mol. The molecule has 108 valence electrons. The Balaban J connectivity index is 2.10. The van der Waals surface area contributed by atoms with Gasteiger partial charge in [0.15, 0.2) is 11.6 Å². The van der Waals surface area contributed by atoms with Crippen LogP contribution in [0.5, 0.6) is 0 Å². The summed E-state index contributed by atoms with van der Waals surface area (Å²) in [5, 5.41) is 4.10. The van der Waals surface area contributed by atoms with Crippen molar-refractivity contribution < 1.29 is 18.4 Å². The number of carbonyl (C=O) groups is 1. The van der Waals surface area contributed by atoms with Crippen LogP contribution in [0.4, 0.5) is 8.78 Å². The van der Waals surface area contributed by atoms with Gasteiger partial charge in [-0.3, -0.25) is 0 Å². The van der Waals surface area contributed by atoms with Crippen molar-refractivity contribution in [3.8, 4) is 0 Å². The predicted molar refractivity (Wildman–Crippen MR) is 75.4 cm³/mol. The molecule has 0 saturated carbocycles. The highest BCUT2D eigenvalue weighted by molar-refractivity contribution is 6.30. The van der Waals surface area contributed by atoms with Crippen LogP contribution in [0.1, 0.15) is 22.8 Å². The quantitative estimate of drug-likeness (QED) is 0.484. The van der Waals surface area contributed by atoms with E-state index in [1.165, 1.54) is 25.1 Å². The van der Waals surface area contributed by atoms with Gasteiger partial charge in [-0.25, -0.2) is 13.6 Å². The average Bonchev–Trinajstić information content (AvgIpc) is 2.48. The molecule has 0 heterocycles. The van der Waals surface area contributed by atoms with Gasteiger partial charge in [-0.1, -0.05) is 16.8 Å². The smallest absolute Gasteiger partial charge is 0.313 e. The second-order valence-electron chi connectivity index (χ2n) is 4.19. The van der Waals surface area contributed by atoms with E-state index in [2.05, 4.69) is 5.16 Å². The number of hydrogen-bond donors (Lipinski definition) is 0. The first kappa shape index (κ1) is 15.1. The van der Waals surface area contributed by atoms with Crippen LogP contribution in [0.15, 0.2) is 47.6 Å². The van der Waals surface area contributed by atoms with Crippen LogP contribution in [0.25, 0.3) is 0 Å². The minimum absolute atomic E-state index is 0.246. The fourth-order valence-electron chi connectivity index (χ4n) is 1.52. The Morgan fingerprint density at radius 3 is 2.29 bits per heavy atom. The summed E-state index contributed by atoms with van der Waals surface area (Å²) in [5.74, 6) is -2.62. The van der Waals surface area contributed by atoms with E-state index in [9.17, 15) is 13.6 Å². The van der Waals surface area contributed by atoms with Crippen LogP contribution in [0, 0.1) is 11.6 Å². The fourth-order valence-corrected chi connectivity index (χ4v) is 1.65. The topological polar surface area (TPSA) is 38.7 Å². The second kappa shape index (κ2) is 6.45. The lowest BCUT2D eigenvalue weighted by Crippen LogP contribution is -2.04. The van der Waals surface area contributed by atoms with E-state index < -0.39 is 17.6 Å². The number of rotatable bonds is 3. The van der Waals surface area contributed by atoms with E-state index in [0.717, 1.165) is 12.1 Å². The Morgan fingerprint density at radius 1 is 1.05 bits per heavy atom.